The van der Waals surface area contributed by atoms with Crippen molar-refractivity contribution in [2.24, 2.45) is 5.73 Å². The van der Waals surface area contributed by atoms with Gasteiger partial charge in [0.05, 0.1) is 12.1 Å². The number of hydrogen-bond donors (Lipinski definition) is 1. The van der Waals surface area contributed by atoms with Crippen LogP contribution in [0.3, 0.4) is 0 Å². The SMILES string of the molecule is COc1ccc(C(C)CC(N)=S)cc1C(C)(C)C. The molecule has 0 aromatic heterocycles. The third-order valence-corrected chi connectivity index (χ3v) is 3.27. The van der Waals surface area contributed by atoms with Gasteiger partial charge < -0.3 is 10.5 Å². The number of hydrogen-bond acceptors (Lipinski definition) is 2. The quantitative estimate of drug-likeness (QED) is 0.842. The van der Waals surface area contributed by atoms with Crippen molar-refractivity contribution in [2.75, 3.05) is 7.11 Å². The van der Waals surface area contributed by atoms with Gasteiger partial charge in [0.2, 0.25) is 0 Å². The smallest absolute Gasteiger partial charge is 0.122 e. The number of ether oxygens (including phenoxy) is 1. The van der Waals surface area contributed by atoms with Gasteiger partial charge in [-0.15, -0.1) is 0 Å². The van der Waals surface area contributed by atoms with Crippen LogP contribution < -0.4 is 10.5 Å². The van der Waals surface area contributed by atoms with Crippen LogP contribution in [-0.2, 0) is 5.41 Å². The van der Waals surface area contributed by atoms with Crippen LogP contribution in [0.2, 0.25) is 0 Å². The first-order chi connectivity index (χ1) is 8.25. The van der Waals surface area contributed by atoms with Crippen molar-refractivity contribution in [3.63, 3.8) is 0 Å². The van der Waals surface area contributed by atoms with E-state index in [0.717, 1.165) is 12.2 Å². The van der Waals surface area contributed by atoms with Crippen molar-refractivity contribution in [3.8, 4) is 5.75 Å². The summed E-state index contributed by atoms with van der Waals surface area (Å²) in [5, 5.41) is 0. The summed E-state index contributed by atoms with van der Waals surface area (Å²) in [5.74, 6) is 1.28. The molecule has 3 heteroatoms. The molecule has 0 amide bonds. The van der Waals surface area contributed by atoms with Crippen molar-refractivity contribution in [1.82, 2.24) is 0 Å². The van der Waals surface area contributed by atoms with E-state index in [4.69, 9.17) is 22.7 Å². The minimum absolute atomic E-state index is 0.0598. The first-order valence-electron chi connectivity index (χ1n) is 6.22. The molecular weight excluding hydrogens is 242 g/mol. The maximum Gasteiger partial charge on any atom is 0.122 e. The zero-order chi connectivity index (χ0) is 13.9. The number of nitrogens with two attached hydrogens (primary N) is 1. The van der Waals surface area contributed by atoms with Gasteiger partial charge in [0, 0.05) is 6.42 Å². The lowest BCUT2D eigenvalue weighted by Crippen LogP contribution is -2.15. The van der Waals surface area contributed by atoms with Crippen LogP contribution in [0.15, 0.2) is 18.2 Å². The Hall–Kier alpha value is -1.09. The Bertz CT molecular complexity index is 435. The topological polar surface area (TPSA) is 35.2 Å². The fourth-order valence-corrected chi connectivity index (χ4v) is 2.29. The van der Waals surface area contributed by atoms with Crippen LogP contribution in [0.5, 0.6) is 5.75 Å². The van der Waals surface area contributed by atoms with Crippen LogP contribution in [0.4, 0.5) is 0 Å². The molecule has 0 radical (unpaired) electrons. The molecule has 18 heavy (non-hydrogen) atoms. The zero-order valence-electron chi connectivity index (χ0n) is 11.9. The summed E-state index contributed by atoms with van der Waals surface area (Å²) in [4.78, 5) is 0.565. The summed E-state index contributed by atoms with van der Waals surface area (Å²) in [5.41, 5.74) is 8.15. The predicted molar refractivity (Wildman–Crippen MR) is 81.5 cm³/mol. The second-order valence-electron chi connectivity index (χ2n) is 5.78. The number of benzene rings is 1. The zero-order valence-corrected chi connectivity index (χ0v) is 12.7. The van der Waals surface area contributed by atoms with Crippen molar-refractivity contribution in [1.29, 1.82) is 0 Å². The summed E-state index contributed by atoms with van der Waals surface area (Å²) in [6.45, 7) is 8.71. The number of methoxy groups -OCH3 is 1. The Morgan fingerprint density at radius 2 is 2.00 bits per heavy atom. The van der Waals surface area contributed by atoms with Crippen LogP contribution in [0.1, 0.15) is 51.2 Å². The van der Waals surface area contributed by atoms with Gasteiger partial charge >= 0.3 is 0 Å². The van der Waals surface area contributed by atoms with E-state index in [1.165, 1.54) is 11.1 Å². The molecule has 0 heterocycles. The highest BCUT2D eigenvalue weighted by Gasteiger charge is 2.20. The van der Waals surface area contributed by atoms with Crippen molar-refractivity contribution in [2.45, 2.75) is 45.4 Å². The largest absolute Gasteiger partial charge is 0.496 e. The molecule has 0 saturated heterocycles. The normalized spacial score (nSPS) is 13.2. The standard InChI is InChI=1S/C15H23NOS/c1-10(8-14(16)18)11-6-7-13(17-5)12(9-11)15(2,3)4/h6-7,9-10H,8H2,1-5H3,(H2,16,18). The molecule has 2 nitrogen and oxygen atoms in total. The van der Waals surface area contributed by atoms with E-state index in [-0.39, 0.29) is 5.41 Å². The molecule has 1 aromatic carbocycles. The van der Waals surface area contributed by atoms with Crippen LogP contribution in [0.25, 0.3) is 0 Å². The maximum absolute atomic E-state index is 5.62. The molecule has 0 aliphatic heterocycles. The van der Waals surface area contributed by atoms with Crippen LogP contribution in [0, 0.1) is 0 Å². The van der Waals surface area contributed by atoms with Crippen molar-refractivity contribution < 1.29 is 4.74 Å². The molecule has 0 saturated carbocycles. The van der Waals surface area contributed by atoms with Crippen LogP contribution >= 0.6 is 12.2 Å². The second kappa shape index (κ2) is 5.70. The Kier molecular flexibility index (Phi) is 4.74. The molecule has 0 spiro atoms. The van der Waals surface area contributed by atoms with Gasteiger partial charge in [-0.05, 0) is 28.5 Å². The third-order valence-electron chi connectivity index (χ3n) is 3.11. The molecule has 2 N–H and O–H groups in total. The molecule has 0 bridgehead atoms. The summed E-state index contributed by atoms with van der Waals surface area (Å²) >= 11 is 4.98. The van der Waals surface area contributed by atoms with Gasteiger partial charge in [-0.25, -0.2) is 0 Å². The summed E-state index contributed by atoms with van der Waals surface area (Å²) in [7, 11) is 1.71. The van der Waals surface area contributed by atoms with E-state index in [2.05, 4.69) is 39.8 Å². The average Bonchev–Trinajstić information content (AvgIpc) is 2.26. The number of thiocarbonyl (C=S) groups is 1. The second-order valence-corrected chi connectivity index (χ2v) is 6.31. The van der Waals surface area contributed by atoms with E-state index in [0.29, 0.717) is 10.9 Å². The first kappa shape index (κ1) is 15.0. The molecule has 0 fully saturated rings. The third kappa shape index (κ3) is 3.70. The van der Waals surface area contributed by atoms with Gasteiger partial charge in [0.15, 0.2) is 0 Å². The highest BCUT2D eigenvalue weighted by Crippen LogP contribution is 2.34. The Balaban J connectivity index is 3.14. The summed E-state index contributed by atoms with van der Waals surface area (Å²) in [6, 6.07) is 6.34. The van der Waals surface area contributed by atoms with Gasteiger partial charge in [0.25, 0.3) is 0 Å². The first-order valence-corrected chi connectivity index (χ1v) is 6.63. The highest BCUT2D eigenvalue weighted by molar-refractivity contribution is 7.80. The fraction of sp³-hybridized carbons (Fsp3) is 0.533. The van der Waals surface area contributed by atoms with Gasteiger partial charge in [-0.3, -0.25) is 0 Å². The average molecular weight is 265 g/mol. The Morgan fingerprint density at radius 1 is 1.39 bits per heavy atom. The molecule has 1 aromatic rings. The van der Waals surface area contributed by atoms with Gasteiger partial charge in [0.1, 0.15) is 5.75 Å². The lowest BCUT2D eigenvalue weighted by Gasteiger charge is -2.24. The molecule has 0 aliphatic carbocycles. The lowest BCUT2D eigenvalue weighted by atomic mass is 9.83. The molecule has 1 atom stereocenters. The van der Waals surface area contributed by atoms with E-state index in [9.17, 15) is 0 Å². The molecule has 100 valence electrons. The van der Waals surface area contributed by atoms with E-state index in [1.54, 1.807) is 7.11 Å². The predicted octanol–water partition coefficient (Wildman–Crippen LogP) is 3.77. The van der Waals surface area contributed by atoms with Crippen LogP contribution in [-0.4, -0.2) is 12.1 Å². The Morgan fingerprint density at radius 3 is 2.44 bits per heavy atom. The molecule has 1 rings (SSSR count). The maximum atomic E-state index is 5.62. The summed E-state index contributed by atoms with van der Waals surface area (Å²) in [6.07, 6.45) is 0.741. The summed E-state index contributed by atoms with van der Waals surface area (Å²) < 4.78 is 5.44. The van der Waals surface area contributed by atoms with Gasteiger partial charge in [-0.2, -0.15) is 0 Å². The van der Waals surface area contributed by atoms with Crippen molar-refractivity contribution in [3.05, 3.63) is 29.3 Å². The Labute approximate surface area is 116 Å². The monoisotopic (exact) mass is 265 g/mol. The van der Waals surface area contributed by atoms with E-state index < -0.39 is 0 Å². The molecule has 0 aliphatic rings. The fourth-order valence-electron chi connectivity index (χ4n) is 2.04. The highest BCUT2D eigenvalue weighted by atomic mass is 32.1. The lowest BCUT2D eigenvalue weighted by molar-refractivity contribution is 0.397. The molecular formula is C15H23NOS. The van der Waals surface area contributed by atoms with E-state index in [1.807, 2.05) is 6.07 Å². The van der Waals surface area contributed by atoms with E-state index >= 15 is 0 Å². The van der Waals surface area contributed by atoms with Gasteiger partial charge in [-0.1, -0.05) is 52.0 Å². The minimum Gasteiger partial charge on any atom is -0.496 e. The number of rotatable bonds is 4. The van der Waals surface area contributed by atoms with Crippen molar-refractivity contribution >= 4 is 17.2 Å². The minimum atomic E-state index is 0.0598. The molecule has 1 unspecified atom stereocenters.